The maximum absolute atomic E-state index is 12.8. The summed E-state index contributed by atoms with van der Waals surface area (Å²) in [5, 5.41) is 3.49. The molecule has 1 aromatic carbocycles. The molecule has 1 amide bonds. The van der Waals surface area contributed by atoms with Gasteiger partial charge in [0.25, 0.3) is 0 Å². The van der Waals surface area contributed by atoms with E-state index in [1.165, 1.54) is 0 Å². The molecular weight excluding hydrogens is 400 g/mol. The molecule has 1 fully saturated rings. The van der Waals surface area contributed by atoms with Crippen molar-refractivity contribution in [1.29, 1.82) is 0 Å². The predicted molar refractivity (Wildman–Crippen MR) is 119 cm³/mol. The van der Waals surface area contributed by atoms with Crippen molar-refractivity contribution in [3.8, 4) is 5.75 Å². The Labute approximate surface area is 182 Å². The van der Waals surface area contributed by atoms with Crippen LogP contribution in [0.3, 0.4) is 0 Å². The fourth-order valence-electron chi connectivity index (χ4n) is 3.87. The summed E-state index contributed by atoms with van der Waals surface area (Å²) in [4.78, 5) is 14.8. The second kappa shape index (κ2) is 11.2. The zero-order chi connectivity index (χ0) is 22.2. The van der Waals surface area contributed by atoms with Crippen molar-refractivity contribution in [2.24, 2.45) is 0 Å². The first-order chi connectivity index (χ1) is 14.3. The molecule has 1 N–H and O–H groups in total. The van der Waals surface area contributed by atoms with Gasteiger partial charge in [0.1, 0.15) is 5.75 Å². The number of nitrogens with zero attached hydrogens (tertiary/aromatic N) is 1. The highest BCUT2D eigenvalue weighted by Crippen LogP contribution is 2.24. The maximum atomic E-state index is 12.8. The number of hydrogen-bond donors (Lipinski definition) is 1. The molecule has 0 aromatic heterocycles. The molecule has 0 aliphatic carbocycles. The summed E-state index contributed by atoms with van der Waals surface area (Å²) in [7, 11) is 2.31. The van der Waals surface area contributed by atoms with Crippen LogP contribution in [-0.2, 0) is 24.5 Å². The van der Waals surface area contributed by atoms with Crippen LogP contribution >= 0.6 is 0 Å². The van der Waals surface area contributed by atoms with E-state index in [2.05, 4.69) is 26.1 Å². The Balaban J connectivity index is 1.84. The minimum absolute atomic E-state index is 0.182. The van der Waals surface area contributed by atoms with E-state index in [4.69, 9.17) is 18.0 Å². The van der Waals surface area contributed by atoms with E-state index < -0.39 is 8.80 Å². The minimum Gasteiger partial charge on any atom is -0.494 e. The third kappa shape index (κ3) is 6.27. The van der Waals surface area contributed by atoms with Gasteiger partial charge in [-0.3, -0.25) is 10.1 Å². The van der Waals surface area contributed by atoms with E-state index >= 15 is 0 Å². The van der Waals surface area contributed by atoms with Crippen LogP contribution < -0.4 is 10.1 Å². The summed E-state index contributed by atoms with van der Waals surface area (Å²) in [6, 6.07) is 8.51. The first kappa shape index (κ1) is 24.8. The topological polar surface area (TPSA) is 69.3 Å². The van der Waals surface area contributed by atoms with Gasteiger partial charge in [0, 0.05) is 33.9 Å². The van der Waals surface area contributed by atoms with E-state index in [1.54, 1.807) is 21.3 Å². The molecule has 1 aromatic rings. The van der Waals surface area contributed by atoms with Crippen molar-refractivity contribution in [3.63, 3.8) is 0 Å². The van der Waals surface area contributed by atoms with Gasteiger partial charge in [-0.1, -0.05) is 25.5 Å². The van der Waals surface area contributed by atoms with Crippen LogP contribution in [0.25, 0.3) is 0 Å². The molecule has 8 heteroatoms. The molecule has 1 saturated heterocycles. The number of amides is 1. The van der Waals surface area contributed by atoms with Crippen molar-refractivity contribution in [2.75, 3.05) is 34.5 Å². The first-order valence-corrected chi connectivity index (χ1v) is 12.7. The molecule has 0 spiro atoms. The van der Waals surface area contributed by atoms with Gasteiger partial charge in [0.05, 0.1) is 18.3 Å². The van der Waals surface area contributed by atoms with E-state index in [9.17, 15) is 4.79 Å². The average Bonchev–Trinajstić information content (AvgIpc) is 2.96. The summed E-state index contributed by atoms with van der Waals surface area (Å²) < 4.78 is 22.1. The van der Waals surface area contributed by atoms with Crippen LogP contribution in [0.5, 0.6) is 5.75 Å². The third-order valence-electron chi connectivity index (χ3n) is 5.69. The molecule has 1 atom stereocenters. The van der Waals surface area contributed by atoms with Crippen molar-refractivity contribution in [2.45, 2.75) is 64.2 Å². The lowest BCUT2D eigenvalue weighted by Gasteiger charge is -2.31. The van der Waals surface area contributed by atoms with Crippen LogP contribution in [0, 0.1) is 0 Å². The Morgan fingerprint density at radius 1 is 1.07 bits per heavy atom. The maximum Gasteiger partial charge on any atom is 0.500 e. The number of carbonyl (C=O) groups is 1. The molecular formula is C22H38N2O5Si. The van der Waals surface area contributed by atoms with Crippen LogP contribution in [0.15, 0.2) is 24.3 Å². The van der Waals surface area contributed by atoms with Crippen molar-refractivity contribution >= 4 is 14.7 Å². The van der Waals surface area contributed by atoms with Gasteiger partial charge >= 0.3 is 8.80 Å². The monoisotopic (exact) mass is 438 g/mol. The highest BCUT2D eigenvalue weighted by Gasteiger charge is 2.43. The van der Waals surface area contributed by atoms with Crippen LogP contribution in [-0.4, -0.2) is 65.8 Å². The Kier molecular flexibility index (Phi) is 9.30. The first-order valence-electron chi connectivity index (χ1n) is 10.8. The van der Waals surface area contributed by atoms with Crippen molar-refractivity contribution < 1.29 is 22.8 Å². The molecule has 2 rings (SSSR count). The summed E-state index contributed by atoms with van der Waals surface area (Å²) >= 11 is 0. The van der Waals surface area contributed by atoms with Gasteiger partial charge in [-0.05, 0) is 50.8 Å². The Hall–Kier alpha value is -1.45. The number of rotatable bonds is 13. The molecule has 0 radical (unpaired) electrons. The van der Waals surface area contributed by atoms with Gasteiger partial charge in [0.15, 0.2) is 0 Å². The zero-order valence-corrected chi connectivity index (χ0v) is 20.3. The van der Waals surface area contributed by atoms with Crippen LogP contribution in [0.4, 0.5) is 0 Å². The smallest absolute Gasteiger partial charge is 0.494 e. The van der Waals surface area contributed by atoms with Gasteiger partial charge in [-0.15, -0.1) is 0 Å². The van der Waals surface area contributed by atoms with Gasteiger partial charge < -0.3 is 22.9 Å². The van der Waals surface area contributed by atoms with Crippen LogP contribution in [0.2, 0.25) is 6.04 Å². The Morgan fingerprint density at radius 3 is 2.27 bits per heavy atom. The normalized spacial score (nSPS) is 18.8. The lowest BCUT2D eigenvalue weighted by molar-refractivity contribution is -0.131. The molecule has 170 valence electrons. The lowest BCUT2D eigenvalue weighted by Crippen LogP contribution is -2.47. The highest BCUT2D eigenvalue weighted by molar-refractivity contribution is 6.60. The number of ether oxygens (including phenoxy) is 1. The highest BCUT2D eigenvalue weighted by atomic mass is 28.4. The molecule has 1 aliphatic rings. The van der Waals surface area contributed by atoms with Crippen molar-refractivity contribution in [1.82, 2.24) is 10.2 Å². The molecule has 30 heavy (non-hydrogen) atoms. The second-order valence-electron chi connectivity index (χ2n) is 8.19. The van der Waals surface area contributed by atoms with Gasteiger partial charge in [0.2, 0.25) is 5.91 Å². The zero-order valence-electron chi connectivity index (χ0n) is 19.3. The number of benzene rings is 1. The number of carbonyl (C=O) groups excluding carboxylic acids is 1. The fraction of sp³-hybridized carbons (Fsp3) is 0.682. The minimum atomic E-state index is -2.54. The van der Waals surface area contributed by atoms with E-state index in [0.29, 0.717) is 19.1 Å². The Bertz CT molecular complexity index is 656. The van der Waals surface area contributed by atoms with Crippen LogP contribution in [0.1, 0.15) is 45.6 Å². The summed E-state index contributed by atoms with van der Waals surface area (Å²) in [5.74, 6) is 1.00. The number of nitrogens with one attached hydrogen (secondary N) is 1. The Morgan fingerprint density at radius 2 is 1.70 bits per heavy atom. The SMILES string of the molecule is CCCCN1C(=O)[C@H](Cc2ccc(OCCC[Si](OC)(OC)OC)cc2)NC1(C)C. The summed E-state index contributed by atoms with van der Waals surface area (Å²) in [6.07, 6.45) is 3.57. The van der Waals surface area contributed by atoms with E-state index in [1.807, 2.05) is 29.2 Å². The second-order valence-corrected chi connectivity index (χ2v) is 11.3. The van der Waals surface area contributed by atoms with Crippen molar-refractivity contribution in [3.05, 3.63) is 29.8 Å². The van der Waals surface area contributed by atoms with E-state index in [-0.39, 0.29) is 17.6 Å². The molecule has 0 saturated carbocycles. The standard InChI is InChI=1S/C22H38N2O5Si/c1-7-8-14-24-21(25)20(23-22(24,2)3)17-18-10-12-19(13-11-18)29-15-9-16-30(26-4,27-5)28-6/h10-13,20,23H,7-9,14-17H2,1-6H3/t20-/m0/s1. The van der Waals surface area contributed by atoms with E-state index in [0.717, 1.165) is 37.1 Å². The molecule has 7 nitrogen and oxygen atoms in total. The largest absolute Gasteiger partial charge is 0.500 e. The summed E-state index contributed by atoms with van der Waals surface area (Å²) in [5.41, 5.74) is 0.816. The van der Waals surface area contributed by atoms with Gasteiger partial charge in [-0.2, -0.15) is 0 Å². The predicted octanol–water partition coefficient (Wildman–Crippen LogP) is 3.21. The number of hydrogen-bond acceptors (Lipinski definition) is 6. The van der Waals surface area contributed by atoms with Gasteiger partial charge in [-0.25, -0.2) is 0 Å². The average molecular weight is 439 g/mol. The quantitative estimate of drug-likeness (QED) is 0.377. The fourth-order valence-corrected chi connectivity index (χ4v) is 5.56. The summed E-state index contributed by atoms with van der Waals surface area (Å²) in [6.45, 7) is 7.66. The molecule has 0 bridgehead atoms. The number of unbranched alkanes of at least 4 members (excludes halogenated alkanes) is 1. The molecule has 1 aliphatic heterocycles. The lowest BCUT2D eigenvalue weighted by atomic mass is 10.1. The molecule has 1 heterocycles. The third-order valence-corrected chi connectivity index (χ3v) is 8.53. The molecule has 0 unspecified atom stereocenters.